The number of carboxylic acid groups (broad SMARTS) is 1. The summed E-state index contributed by atoms with van der Waals surface area (Å²) in [5.74, 6) is 1.49. The first kappa shape index (κ1) is 26.2. The molecule has 0 spiro atoms. The van der Waals surface area contributed by atoms with E-state index in [2.05, 4.69) is 18.7 Å². The molecule has 2 saturated carbocycles. The maximum Gasteiger partial charge on any atom is 0.332 e. The van der Waals surface area contributed by atoms with Crippen LogP contribution < -0.4 is 11.2 Å². The van der Waals surface area contributed by atoms with Gasteiger partial charge in [0.2, 0.25) is 0 Å². The number of rotatable bonds is 8. The fraction of sp³-hybridized carbons (Fsp3) is 0.700. The number of likely N-dealkylation sites (tertiary alicyclic amines) is 1. The van der Waals surface area contributed by atoms with Gasteiger partial charge in [-0.25, -0.2) is 4.79 Å². The van der Waals surface area contributed by atoms with Gasteiger partial charge in [-0.3, -0.25) is 23.6 Å². The number of hydrogen-bond acceptors (Lipinski definition) is 4. The van der Waals surface area contributed by atoms with Crippen molar-refractivity contribution in [3.8, 4) is 0 Å². The van der Waals surface area contributed by atoms with Crippen molar-refractivity contribution in [1.29, 1.82) is 0 Å². The zero-order chi connectivity index (χ0) is 26.1. The van der Waals surface area contributed by atoms with E-state index in [0.29, 0.717) is 35.6 Å². The van der Waals surface area contributed by atoms with Gasteiger partial charge < -0.3 is 5.11 Å². The van der Waals surface area contributed by atoms with E-state index in [-0.39, 0.29) is 5.56 Å². The number of carboxylic acids is 1. The lowest BCUT2D eigenvalue weighted by atomic mass is 9.65. The van der Waals surface area contributed by atoms with Crippen LogP contribution in [0.5, 0.6) is 0 Å². The number of hydrogen-bond donors (Lipinski definition) is 1. The van der Waals surface area contributed by atoms with Crippen LogP contribution in [0.15, 0.2) is 33.9 Å². The maximum atomic E-state index is 13.4. The first-order chi connectivity index (χ1) is 17.9. The summed E-state index contributed by atoms with van der Waals surface area (Å²) in [4.78, 5) is 41.0. The van der Waals surface area contributed by atoms with E-state index in [1.807, 2.05) is 0 Å². The number of para-hydroxylation sites is 1. The van der Waals surface area contributed by atoms with Crippen molar-refractivity contribution >= 4 is 16.9 Å². The van der Waals surface area contributed by atoms with Crippen LogP contribution in [0.2, 0.25) is 0 Å². The molecule has 4 atom stereocenters. The molecule has 7 heteroatoms. The quantitative estimate of drug-likeness (QED) is 0.549. The summed E-state index contributed by atoms with van der Waals surface area (Å²) in [7, 11) is 0. The molecule has 7 nitrogen and oxygen atoms in total. The number of nitrogens with zero attached hydrogens (tertiary/aromatic N) is 3. The predicted octanol–water partition coefficient (Wildman–Crippen LogP) is 4.88. The third kappa shape index (κ3) is 5.29. The van der Waals surface area contributed by atoms with E-state index >= 15 is 0 Å². The van der Waals surface area contributed by atoms with Gasteiger partial charge in [-0.1, -0.05) is 38.8 Å². The molecule has 5 rings (SSSR count). The number of benzene rings is 1. The number of fused-ring (bicyclic) bond motifs is 3. The van der Waals surface area contributed by atoms with E-state index < -0.39 is 18.2 Å². The van der Waals surface area contributed by atoms with Gasteiger partial charge in [0.25, 0.3) is 5.56 Å². The lowest BCUT2D eigenvalue weighted by Gasteiger charge is -2.52. The molecule has 1 aromatic carbocycles. The average Bonchev–Trinajstić information content (AvgIpc) is 2.90. The SMILES string of the molecule is CCC1CC2CC(C1)CC(N1C(CC)CCCC1CCn1c(=O)c3ccccc3n(CC(=O)O)c1=O)C2. The van der Waals surface area contributed by atoms with Gasteiger partial charge >= 0.3 is 11.7 Å². The Morgan fingerprint density at radius 3 is 2.30 bits per heavy atom. The minimum atomic E-state index is -1.09. The summed E-state index contributed by atoms with van der Waals surface area (Å²) >= 11 is 0. The van der Waals surface area contributed by atoms with Crippen LogP contribution in [-0.2, 0) is 17.9 Å². The van der Waals surface area contributed by atoms with Gasteiger partial charge in [0.15, 0.2) is 0 Å². The van der Waals surface area contributed by atoms with E-state index in [1.165, 1.54) is 60.5 Å². The summed E-state index contributed by atoms with van der Waals surface area (Å²) in [5, 5.41) is 9.83. The largest absolute Gasteiger partial charge is 0.480 e. The van der Waals surface area contributed by atoms with Crippen LogP contribution in [0.1, 0.15) is 84.5 Å². The van der Waals surface area contributed by atoms with Gasteiger partial charge in [-0.15, -0.1) is 0 Å². The molecule has 3 fully saturated rings. The molecule has 2 aliphatic carbocycles. The molecular formula is C30H43N3O4. The molecule has 0 amide bonds. The second kappa shape index (κ2) is 11.1. The fourth-order valence-electron chi connectivity index (χ4n) is 8.15. The monoisotopic (exact) mass is 509 g/mol. The molecule has 1 N–H and O–H groups in total. The normalized spacial score (nSPS) is 30.4. The Balaban J connectivity index is 1.41. The Morgan fingerprint density at radius 1 is 0.919 bits per heavy atom. The first-order valence-electron chi connectivity index (χ1n) is 14.6. The average molecular weight is 510 g/mol. The Bertz CT molecular complexity index is 1220. The van der Waals surface area contributed by atoms with Crippen molar-refractivity contribution in [2.24, 2.45) is 17.8 Å². The zero-order valence-electron chi connectivity index (χ0n) is 22.5. The van der Waals surface area contributed by atoms with Gasteiger partial charge in [-0.05, 0) is 87.7 Å². The smallest absolute Gasteiger partial charge is 0.332 e. The Morgan fingerprint density at radius 2 is 1.62 bits per heavy atom. The summed E-state index contributed by atoms with van der Waals surface area (Å²) in [6.45, 7) is 4.53. The van der Waals surface area contributed by atoms with Crippen molar-refractivity contribution in [1.82, 2.24) is 14.0 Å². The van der Waals surface area contributed by atoms with Gasteiger partial charge in [0.05, 0.1) is 10.9 Å². The standard InChI is InChI=1S/C30H43N3O4/c1-3-20-14-21-16-22(15-20)18-25(17-21)33-23(4-2)8-7-9-24(33)12-13-31-29(36)26-10-5-6-11-27(26)32(30(31)37)19-28(34)35/h5-6,10-11,20-25H,3-4,7-9,12-19H2,1-2H3,(H,34,35). The van der Waals surface area contributed by atoms with Crippen LogP contribution in [0, 0.1) is 17.8 Å². The van der Waals surface area contributed by atoms with Gasteiger partial charge in [0, 0.05) is 24.7 Å². The number of aromatic nitrogens is 2. The van der Waals surface area contributed by atoms with E-state index in [9.17, 15) is 19.5 Å². The van der Waals surface area contributed by atoms with Crippen molar-refractivity contribution in [3.63, 3.8) is 0 Å². The third-order valence-electron chi connectivity index (χ3n) is 9.71. The highest BCUT2D eigenvalue weighted by Gasteiger charge is 2.42. The number of aliphatic carboxylic acids is 1. The minimum absolute atomic E-state index is 0.311. The molecule has 2 aromatic rings. The zero-order valence-corrected chi connectivity index (χ0v) is 22.5. The third-order valence-corrected chi connectivity index (χ3v) is 9.71. The molecular weight excluding hydrogens is 466 g/mol. The Labute approximate surface area is 219 Å². The van der Waals surface area contributed by atoms with Crippen LogP contribution >= 0.6 is 0 Å². The molecule has 202 valence electrons. The molecule has 3 aliphatic rings. The van der Waals surface area contributed by atoms with Crippen molar-refractivity contribution in [2.45, 2.75) is 116 Å². The summed E-state index contributed by atoms with van der Waals surface area (Å²) in [6.07, 6.45) is 13.5. The van der Waals surface area contributed by atoms with Gasteiger partial charge in [0.1, 0.15) is 6.54 Å². The topological polar surface area (TPSA) is 84.5 Å². The highest BCUT2D eigenvalue weighted by atomic mass is 16.4. The van der Waals surface area contributed by atoms with E-state index in [0.717, 1.165) is 37.0 Å². The highest BCUT2D eigenvalue weighted by Crippen LogP contribution is 2.46. The molecule has 37 heavy (non-hydrogen) atoms. The summed E-state index contributed by atoms with van der Waals surface area (Å²) < 4.78 is 2.53. The second-order valence-electron chi connectivity index (χ2n) is 12.0. The van der Waals surface area contributed by atoms with Crippen LogP contribution in [0.25, 0.3) is 10.9 Å². The fourth-order valence-corrected chi connectivity index (χ4v) is 8.15. The van der Waals surface area contributed by atoms with E-state index in [1.54, 1.807) is 24.3 Å². The van der Waals surface area contributed by atoms with Crippen LogP contribution in [-0.4, -0.2) is 43.2 Å². The minimum Gasteiger partial charge on any atom is -0.480 e. The molecule has 2 bridgehead atoms. The Hall–Kier alpha value is -2.41. The molecule has 2 heterocycles. The van der Waals surface area contributed by atoms with Crippen molar-refractivity contribution in [3.05, 3.63) is 45.1 Å². The van der Waals surface area contributed by atoms with Crippen molar-refractivity contribution < 1.29 is 9.90 Å². The molecule has 4 unspecified atom stereocenters. The van der Waals surface area contributed by atoms with Gasteiger partial charge in [-0.2, -0.15) is 0 Å². The summed E-state index contributed by atoms with van der Waals surface area (Å²) in [5.41, 5.74) is -0.437. The number of piperidine rings is 1. The predicted molar refractivity (Wildman–Crippen MR) is 146 cm³/mol. The first-order valence-corrected chi connectivity index (χ1v) is 14.6. The summed E-state index contributed by atoms with van der Waals surface area (Å²) in [6, 6.07) is 8.38. The van der Waals surface area contributed by atoms with Crippen molar-refractivity contribution in [2.75, 3.05) is 0 Å². The lowest BCUT2D eigenvalue weighted by Crippen LogP contribution is -2.55. The van der Waals surface area contributed by atoms with Crippen LogP contribution in [0.3, 0.4) is 0 Å². The molecule has 1 saturated heterocycles. The lowest BCUT2D eigenvalue weighted by molar-refractivity contribution is -0.137. The second-order valence-corrected chi connectivity index (χ2v) is 12.0. The van der Waals surface area contributed by atoms with Crippen LogP contribution in [0.4, 0.5) is 0 Å². The maximum absolute atomic E-state index is 13.4. The van der Waals surface area contributed by atoms with E-state index in [4.69, 9.17) is 0 Å². The molecule has 1 aliphatic heterocycles. The molecule has 1 aromatic heterocycles. The number of carbonyl (C=O) groups is 1. The molecule has 0 radical (unpaired) electrons. The Kier molecular flexibility index (Phi) is 7.89. The highest BCUT2D eigenvalue weighted by molar-refractivity contribution is 5.79.